The van der Waals surface area contributed by atoms with Crippen LogP contribution in [0.25, 0.3) is 0 Å². The van der Waals surface area contributed by atoms with E-state index in [0.29, 0.717) is 5.69 Å². The highest BCUT2D eigenvalue weighted by atomic mass is 16.6. The predicted molar refractivity (Wildman–Crippen MR) is 102 cm³/mol. The lowest BCUT2D eigenvalue weighted by Gasteiger charge is -2.22. The molecule has 2 rings (SSSR count). The van der Waals surface area contributed by atoms with E-state index in [1.165, 1.54) is 25.3 Å². The first-order valence-electron chi connectivity index (χ1n) is 8.17. The summed E-state index contributed by atoms with van der Waals surface area (Å²) in [7, 11) is 1.31. The molecule has 0 spiro atoms. The number of nitrogens with one attached hydrogen (secondary N) is 2. The molecule has 0 aliphatic carbocycles. The molecule has 0 atom stereocenters. The van der Waals surface area contributed by atoms with E-state index in [1.807, 2.05) is 32.9 Å². The van der Waals surface area contributed by atoms with Crippen molar-refractivity contribution >= 4 is 28.9 Å². The Labute approximate surface area is 156 Å². The predicted octanol–water partition coefficient (Wildman–Crippen LogP) is 3.48. The van der Waals surface area contributed by atoms with Gasteiger partial charge in [-0.1, -0.05) is 39.0 Å². The van der Waals surface area contributed by atoms with E-state index < -0.39 is 16.7 Å². The summed E-state index contributed by atoms with van der Waals surface area (Å²) < 4.78 is 5.05. The molecule has 2 aromatic rings. The number of nitrogens with zero attached hydrogens (tertiary/aromatic N) is 1. The summed E-state index contributed by atoms with van der Waals surface area (Å²) in [6.45, 7) is 6.00. The summed E-state index contributed by atoms with van der Waals surface area (Å²) in [5, 5.41) is 15.8. The second-order valence-electron chi connectivity index (χ2n) is 6.85. The number of carbonyl (C=O) groups is 2. The lowest BCUT2D eigenvalue weighted by atomic mass is 9.86. The van der Waals surface area contributed by atoms with Gasteiger partial charge in [0.1, 0.15) is 5.75 Å². The Morgan fingerprint density at radius 3 is 2.15 bits per heavy atom. The first-order valence-corrected chi connectivity index (χ1v) is 8.17. The van der Waals surface area contributed by atoms with Crippen LogP contribution in [-0.2, 0) is 15.0 Å². The van der Waals surface area contributed by atoms with E-state index in [9.17, 15) is 19.7 Å². The molecule has 0 saturated carbocycles. The molecule has 0 radical (unpaired) electrons. The van der Waals surface area contributed by atoms with Crippen LogP contribution in [0.1, 0.15) is 26.3 Å². The van der Waals surface area contributed by atoms with Crippen molar-refractivity contribution in [3.8, 4) is 5.75 Å². The zero-order chi connectivity index (χ0) is 20.2. The fraction of sp³-hybridized carbons (Fsp3) is 0.263. The molecule has 8 nitrogen and oxygen atoms in total. The average molecular weight is 371 g/mol. The Balaban J connectivity index is 2.18. The van der Waals surface area contributed by atoms with E-state index in [0.717, 1.165) is 5.56 Å². The van der Waals surface area contributed by atoms with Gasteiger partial charge in [-0.25, -0.2) is 0 Å². The number of ether oxygens (including phenoxy) is 1. The third kappa shape index (κ3) is 4.81. The fourth-order valence-electron chi connectivity index (χ4n) is 2.50. The van der Waals surface area contributed by atoms with Gasteiger partial charge in [0.05, 0.1) is 23.8 Å². The molecular weight excluding hydrogens is 350 g/mol. The van der Waals surface area contributed by atoms with Gasteiger partial charge in [0.2, 0.25) is 0 Å². The third-order valence-electron chi connectivity index (χ3n) is 3.83. The van der Waals surface area contributed by atoms with E-state index in [-0.39, 0.29) is 22.5 Å². The summed E-state index contributed by atoms with van der Waals surface area (Å²) in [6, 6.07) is 10.9. The number of hydrogen-bond acceptors (Lipinski definition) is 5. The zero-order valence-electron chi connectivity index (χ0n) is 15.5. The van der Waals surface area contributed by atoms with Crippen LogP contribution >= 0.6 is 0 Å². The topological polar surface area (TPSA) is 111 Å². The van der Waals surface area contributed by atoms with Crippen molar-refractivity contribution in [2.75, 3.05) is 17.7 Å². The second-order valence-corrected chi connectivity index (χ2v) is 6.85. The molecule has 0 aliphatic rings. The van der Waals surface area contributed by atoms with Gasteiger partial charge in [-0.2, -0.15) is 0 Å². The number of carbonyl (C=O) groups excluding carboxylic acids is 2. The normalized spacial score (nSPS) is 10.8. The lowest BCUT2D eigenvalue weighted by Crippen LogP contribution is -2.30. The van der Waals surface area contributed by atoms with Crippen LogP contribution < -0.4 is 15.4 Å². The van der Waals surface area contributed by atoms with Crippen molar-refractivity contribution in [3.05, 3.63) is 58.1 Å². The minimum atomic E-state index is -0.911. The molecule has 8 heteroatoms. The number of amides is 2. The molecule has 2 aromatic carbocycles. The van der Waals surface area contributed by atoms with Crippen molar-refractivity contribution < 1.29 is 19.2 Å². The van der Waals surface area contributed by atoms with E-state index in [2.05, 4.69) is 10.6 Å². The van der Waals surface area contributed by atoms with E-state index >= 15 is 0 Å². The summed E-state index contributed by atoms with van der Waals surface area (Å²) in [6.07, 6.45) is 0. The molecule has 27 heavy (non-hydrogen) atoms. The first kappa shape index (κ1) is 19.9. The molecule has 0 bridgehead atoms. The number of hydrogen-bond donors (Lipinski definition) is 2. The molecule has 142 valence electrons. The molecule has 0 heterocycles. The van der Waals surface area contributed by atoms with Gasteiger partial charge in [-0.05, 0) is 23.1 Å². The van der Waals surface area contributed by atoms with Gasteiger partial charge in [0.25, 0.3) is 5.69 Å². The van der Waals surface area contributed by atoms with Crippen molar-refractivity contribution in [1.29, 1.82) is 0 Å². The van der Waals surface area contributed by atoms with Crippen LogP contribution in [0, 0.1) is 10.1 Å². The molecular formula is C19H21N3O5. The SMILES string of the molecule is COc1cc([N+](=O)[O-])ccc1NC(=O)C(=O)Nc1ccccc1C(C)(C)C. The van der Waals surface area contributed by atoms with Crippen LogP contribution in [0.15, 0.2) is 42.5 Å². The van der Waals surface area contributed by atoms with E-state index in [1.54, 1.807) is 12.1 Å². The molecule has 0 aliphatic heterocycles. The molecule has 0 fully saturated rings. The van der Waals surface area contributed by atoms with Crippen molar-refractivity contribution in [2.24, 2.45) is 0 Å². The zero-order valence-corrected chi connectivity index (χ0v) is 15.5. The minimum absolute atomic E-state index is 0.0837. The lowest BCUT2D eigenvalue weighted by molar-refractivity contribution is -0.384. The van der Waals surface area contributed by atoms with Gasteiger partial charge >= 0.3 is 11.8 Å². The first-order chi connectivity index (χ1) is 12.6. The maximum absolute atomic E-state index is 12.3. The molecule has 0 unspecified atom stereocenters. The van der Waals surface area contributed by atoms with Gasteiger partial charge in [-0.3, -0.25) is 19.7 Å². The van der Waals surface area contributed by atoms with Crippen LogP contribution in [0.4, 0.5) is 17.1 Å². The number of methoxy groups -OCH3 is 1. The smallest absolute Gasteiger partial charge is 0.314 e. The summed E-state index contributed by atoms with van der Waals surface area (Å²) >= 11 is 0. The fourth-order valence-corrected chi connectivity index (χ4v) is 2.50. The van der Waals surface area contributed by atoms with Gasteiger partial charge in [0.15, 0.2) is 0 Å². The number of non-ortho nitro benzene ring substituents is 1. The highest BCUT2D eigenvalue weighted by Gasteiger charge is 2.22. The Kier molecular flexibility index (Phi) is 5.79. The molecule has 2 amide bonds. The van der Waals surface area contributed by atoms with Crippen LogP contribution in [-0.4, -0.2) is 23.8 Å². The standard InChI is InChI=1S/C19H21N3O5/c1-19(2,3)13-7-5-6-8-14(13)20-17(23)18(24)21-15-10-9-12(22(25)26)11-16(15)27-4/h5-11H,1-4H3,(H,20,23)(H,21,24). The molecule has 0 saturated heterocycles. The maximum Gasteiger partial charge on any atom is 0.314 e. The maximum atomic E-state index is 12.3. The Morgan fingerprint density at radius 1 is 1.00 bits per heavy atom. The number of rotatable bonds is 4. The summed E-state index contributed by atoms with van der Waals surface area (Å²) in [4.78, 5) is 34.8. The number of benzene rings is 2. The highest BCUT2D eigenvalue weighted by molar-refractivity contribution is 6.43. The van der Waals surface area contributed by atoms with Gasteiger partial charge in [-0.15, -0.1) is 0 Å². The number of nitro benzene ring substituents is 1. The number of para-hydroxylation sites is 1. The summed E-state index contributed by atoms with van der Waals surface area (Å²) in [5.74, 6) is -1.68. The van der Waals surface area contributed by atoms with Gasteiger partial charge in [0, 0.05) is 11.8 Å². The average Bonchev–Trinajstić information content (AvgIpc) is 2.61. The third-order valence-corrected chi connectivity index (χ3v) is 3.83. The summed E-state index contributed by atoms with van der Waals surface area (Å²) in [5.41, 5.74) is 1.18. The second kappa shape index (κ2) is 7.86. The Morgan fingerprint density at radius 2 is 1.59 bits per heavy atom. The van der Waals surface area contributed by atoms with Crippen molar-refractivity contribution in [3.63, 3.8) is 0 Å². The number of anilines is 2. The molecule has 0 aromatic heterocycles. The monoisotopic (exact) mass is 371 g/mol. The van der Waals surface area contributed by atoms with Crippen molar-refractivity contribution in [2.45, 2.75) is 26.2 Å². The van der Waals surface area contributed by atoms with Crippen LogP contribution in [0.5, 0.6) is 5.75 Å². The largest absolute Gasteiger partial charge is 0.494 e. The quantitative estimate of drug-likeness (QED) is 0.486. The van der Waals surface area contributed by atoms with Gasteiger partial charge < -0.3 is 15.4 Å². The van der Waals surface area contributed by atoms with Crippen molar-refractivity contribution in [1.82, 2.24) is 0 Å². The minimum Gasteiger partial charge on any atom is -0.494 e. The van der Waals surface area contributed by atoms with E-state index in [4.69, 9.17) is 4.74 Å². The number of nitro groups is 1. The Hall–Kier alpha value is -3.42. The Bertz CT molecular complexity index is 887. The molecule has 2 N–H and O–H groups in total. The van der Waals surface area contributed by atoms with Crippen LogP contribution in [0.3, 0.4) is 0 Å². The van der Waals surface area contributed by atoms with Crippen LogP contribution in [0.2, 0.25) is 0 Å². The highest BCUT2D eigenvalue weighted by Crippen LogP contribution is 2.30.